The van der Waals surface area contributed by atoms with E-state index in [0.717, 1.165) is 25.1 Å². The van der Waals surface area contributed by atoms with E-state index in [-0.39, 0.29) is 5.97 Å². The Labute approximate surface area is 160 Å². The molecule has 0 saturated carbocycles. The Bertz CT molecular complexity index is 493. The zero-order valence-corrected chi connectivity index (χ0v) is 16.8. The van der Waals surface area contributed by atoms with Crippen LogP contribution in [0.15, 0.2) is 36.4 Å². The summed E-state index contributed by atoms with van der Waals surface area (Å²) in [6, 6.07) is 7.48. The number of unbranched alkanes of at least 4 members (excludes halogenated alkanes) is 8. The number of hydrogen-bond donors (Lipinski definition) is 1. The summed E-state index contributed by atoms with van der Waals surface area (Å²) in [5, 5.41) is 3.39. The largest absolute Gasteiger partial charge is 0.462 e. The van der Waals surface area contributed by atoms with Gasteiger partial charge in [-0.3, -0.25) is 0 Å². The molecule has 0 fully saturated rings. The van der Waals surface area contributed by atoms with Crippen molar-refractivity contribution in [1.29, 1.82) is 0 Å². The lowest BCUT2D eigenvalue weighted by atomic mass is 10.1. The third kappa shape index (κ3) is 11.0. The van der Waals surface area contributed by atoms with Gasteiger partial charge in [-0.1, -0.05) is 57.6 Å². The van der Waals surface area contributed by atoms with E-state index in [2.05, 4.69) is 24.4 Å². The fraction of sp³-hybridized carbons (Fsp3) is 0.609. The van der Waals surface area contributed by atoms with Crippen LogP contribution >= 0.6 is 0 Å². The van der Waals surface area contributed by atoms with E-state index in [9.17, 15) is 4.79 Å². The van der Waals surface area contributed by atoms with Crippen LogP contribution in [-0.4, -0.2) is 19.1 Å². The van der Waals surface area contributed by atoms with Gasteiger partial charge in [-0.15, -0.1) is 0 Å². The first-order valence-corrected chi connectivity index (χ1v) is 10.4. The van der Waals surface area contributed by atoms with Crippen molar-refractivity contribution in [3.8, 4) is 0 Å². The highest BCUT2D eigenvalue weighted by molar-refractivity contribution is 5.89. The predicted octanol–water partition coefficient (Wildman–Crippen LogP) is 6.75. The van der Waals surface area contributed by atoms with Gasteiger partial charge in [0, 0.05) is 12.2 Å². The molecule has 0 bridgehead atoms. The highest BCUT2D eigenvalue weighted by atomic mass is 16.5. The zero-order chi connectivity index (χ0) is 18.9. The van der Waals surface area contributed by atoms with Crippen LogP contribution in [0.2, 0.25) is 0 Å². The van der Waals surface area contributed by atoms with Crippen molar-refractivity contribution in [3.05, 3.63) is 42.0 Å². The Morgan fingerprint density at radius 2 is 1.50 bits per heavy atom. The van der Waals surface area contributed by atoms with Gasteiger partial charge >= 0.3 is 5.97 Å². The molecule has 3 nitrogen and oxygen atoms in total. The quantitative estimate of drug-likeness (QED) is 0.214. The molecule has 26 heavy (non-hydrogen) atoms. The van der Waals surface area contributed by atoms with Gasteiger partial charge < -0.3 is 10.1 Å². The Morgan fingerprint density at radius 1 is 0.885 bits per heavy atom. The second-order valence-corrected chi connectivity index (χ2v) is 6.75. The lowest BCUT2D eigenvalue weighted by molar-refractivity contribution is 0.0526. The summed E-state index contributed by atoms with van der Waals surface area (Å²) in [5.41, 5.74) is 1.65. The number of hydrogen-bond acceptors (Lipinski definition) is 3. The predicted molar refractivity (Wildman–Crippen MR) is 112 cm³/mol. The number of nitrogens with one attached hydrogen (secondary N) is 1. The van der Waals surface area contributed by atoms with E-state index in [1.807, 2.05) is 31.2 Å². The lowest BCUT2D eigenvalue weighted by Crippen LogP contribution is -2.05. The maximum absolute atomic E-state index is 11.6. The SMILES string of the molecule is CCCCCCCCC/C=C/CCCNc1ccc(C(=O)OCC)cc1. The highest BCUT2D eigenvalue weighted by Gasteiger charge is 2.04. The van der Waals surface area contributed by atoms with E-state index in [1.54, 1.807) is 0 Å². The molecular formula is C23H37NO2. The van der Waals surface area contributed by atoms with Crippen LogP contribution in [-0.2, 0) is 4.74 Å². The van der Waals surface area contributed by atoms with Crippen LogP contribution < -0.4 is 5.32 Å². The summed E-state index contributed by atoms with van der Waals surface area (Å²) < 4.78 is 4.98. The smallest absolute Gasteiger partial charge is 0.338 e. The molecule has 146 valence electrons. The average molecular weight is 360 g/mol. The van der Waals surface area contributed by atoms with Crippen molar-refractivity contribution in [2.24, 2.45) is 0 Å². The molecule has 1 aromatic carbocycles. The second-order valence-electron chi connectivity index (χ2n) is 6.75. The molecular weight excluding hydrogens is 322 g/mol. The van der Waals surface area contributed by atoms with Crippen molar-refractivity contribution in [2.45, 2.75) is 78.1 Å². The number of carbonyl (C=O) groups is 1. The summed E-state index contributed by atoms with van der Waals surface area (Å²) in [5.74, 6) is -0.259. The third-order valence-electron chi connectivity index (χ3n) is 4.41. The van der Waals surface area contributed by atoms with Crippen LogP contribution in [0, 0.1) is 0 Å². The van der Waals surface area contributed by atoms with Crippen LogP contribution in [0.4, 0.5) is 5.69 Å². The molecule has 0 heterocycles. The Kier molecular flexibility index (Phi) is 13.3. The number of benzene rings is 1. The number of carbonyl (C=O) groups excluding carboxylic acids is 1. The summed E-state index contributed by atoms with van der Waals surface area (Å²) in [4.78, 5) is 11.6. The van der Waals surface area contributed by atoms with E-state index < -0.39 is 0 Å². The van der Waals surface area contributed by atoms with E-state index in [0.29, 0.717) is 12.2 Å². The molecule has 0 atom stereocenters. The van der Waals surface area contributed by atoms with Gasteiger partial charge in [-0.2, -0.15) is 0 Å². The van der Waals surface area contributed by atoms with Gasteiger partial charge in [-0.05, 0) is 56.9 Å². The second kappa shape index (κ2) is 15.5. The lowest BCUT2D eigenvalue weighted by Gasteiger charge is -2.06. The molecule has 0 aliphatic heterocycles. The molecule has 1 rings (SSSR count). The van der Waals surface area contributed by atoms with Crippen molar-refractivity contribution < 1.29 is 9.53 Å². The van der Waals surface area contributed by atoms with Crippen molar-refractivity contribution in [1.82, 2.24) is 0 Å². The molecule has 1 N–H and O–H groups in total. The van der Waals surface area contributed by atoms with Gasteiger partial charge in [0.05, 0.1) is 12.2 Å². The molecule has 0 amide bonds. The van der Waals surface area contributed by atoms with E-state index in [1.165, 1.54) is 51.4 Å². The first kappa shape index (κ1) is 22.3. The van der Waals surface area contributed by atoms with Crippen molar-refractivity contribution in [2.75, 3.05) is 18.5 Å². The van der Waals surface area contributed by atoms with Crippen molar-refractivity contribution >= 4 is 11.7 Å². The van der Waals surface area contributed by atoms with E-state index in [4.69, 9.17) is 4.74 Å². The Morgan fingerprint density at radius 3 is 2.15 bits per heavy atom. The summed E-state index contributed by atoms with van der Waals surface area (Å²) >= 11 is 0. The molecule has 0 aliphatic rings. The molecule has 0 unspecified atom stereocenters. The van der Waals surface area contributed by atoms with Crippen LogP contribution in [0.3, 0.4) is 0 Å². The van der Waals surface area contributed by atoms with Gasteiger partial charge in [0.25, 0.3) is 0 Å². The fourth-order valence-electron chi connectivity index (χ4n) is 2.85. The molecule has 0 aromatic heterocycles. The van der Waals surface area contributed by atoms with Crippen LogP contribution in [0.5, 0.6) is 0 Å². The maximum atomic E-state index is 11.6. The molecule has 0 saturated heterocycles. The van der Waals surface area contributed by atoms with Crippen LogP contribution in [0.25, 0.3) is 0 Å². The van der Waals surface area contributed by atoms with E-state index >= 15 is 0 Å². The standard InChI is InChI=1S/C23H37NO2/c1-3-5-6-7-8-9-10-11-12-13-14-15-20-24-22-18-16-21(17-19-22)23(25)26-4-2/h12-13,16-19,24H,3-11,14-15,20H2,1-2H3/b13-12+. The monoisotopic (exact) mass is 359 g/mol. The minimum atomic E-state index is -0.259. The molecule has 0 radical (unpaired) electrons. The normalized spacial score (nSPS) is 11.0. The Hall–Kier alpha value is -1.77. The minimum absolute atomic E-state index is 0.259. The third-order valence-corrected chi connectivity index (χ3v) is 4.41. The summed E-state index contributed by atoms with van der Waals surface area (Å²) in [6.45, 7) is 5.44. The zero-order valence-electron chi connectivity index (χ0n) is 16.8. The van der Waals surface area contributed by atoms with Gasteiger partial charge in [0.2, 0.25) is 0 Å². The summed E-state index contributed by atoms with van der Waals surface area (Å²) in [7, 11) is 0. The summed E-state index contributed by atoms with van der Waals surface area (Å²) in [6.07, 6.45) is 17.7. The number of ether oxygens (including phenoxy) is 1. The number of esters is 1. The number of anilines is 1. The highest BCUT2D eigenvalue weighted by Crippen LogP contribution is 2.11. The first-order valence-electron chi connectivity index (χ1n) is 10.4. The molecule has 0 spiro atoms. The molecule has 0 aliphatic carbocycles. The first-order chi connectivity index (χ1) is 12.8. The Balaban J connectivity index is 2.00. The molecule has 3 heteroatoms. The van der Waals surface area contributed by atoms with Gasteiger partial charge in [-0.25, -0.2) is 4.79 Å². The topological polar surface area (TPSA) is 38.3 Å². The van der Waals surface area contributed by atoms with Crippen molar-refractivity contribution in [3.63, 3.8) is 0 Å². The number of rotatable bonds is 15. The maximum Gasteiger partial charge on any atom is 0.338 e. The molecule has 1 aromatic rings. The van der Waals surface area contributed by atoms with Gasteiger partial charge in [0.15, 0.2) is 0 Å². The van der Waals surface area contributed by atoms with Crippen LogP contribution in [0.1, 0.15) is 88.4 Å². The average Bonchev–Trinajstić information content (AvgIpc) is 2.66. The number of allylic oxidation sites excluding steroid dienone is 2. The van der Waals surface area contributed by atoms with Gasteiger partial charge in [0.1, 0.15) is 0 Å². The fourth-order valence-corrected chi connectivity index (χ4v) is 2.85. The minimum Gasteiger partial charge on any atom is -0.462 e.